The Morgan fingerprint density at radius 1 is 1.12 bits per heavy atom. The van der Waals surface area contributed by atoms with Crippen molar-refractivity contribution in [3.05, 3.63) is 60.0 Å². The Bertz CT molecular complexity index is 936. The molecule has 6 heteroatoms. The number of aromatic nitrogens is 1. The average Bonchev–Trinajstić information content (AvgIpc) is 3.01. The molecule has 1 aliphatic carbocycles. The molecular formula is C19H16N2O4. The molecule has 1 N–H and O–H groups in total. The van der Waals surface area contributed by atoms with Gasteiger partial charge in [-0.3, -0.25) is 9.59 Å². The van der Waals surface area contributed by atoms with E-state index in [1.807, 2.05) is 0 Å². The van der Waals surface area contributed by atoms with E-state index in [0.717, 1.165) is 0 Å². The molecule has 4 rings (SSSR count). The van der Waals surface area contributed by atoms with Crippen molar-refractivity contribution in [2.45, 2.75) is 25.2 Å². The number of hydrogen-bond acceptors (Lipinski definition) is 5. The maximum Gasteiger partial charge on any atom is 0.236 e. The number of benzene rings is 1. The highest BCUT2D eigenvalue weighted by molar-refractivity contribution is 6.02. The molecule has 0 unspecified atom stereocenters. The molecule has 0 saturated heterocycles. The van der Waals surface area contributed by atoms with E-state index >= 15 is 0 Å². The van der Waals surface area contributed by atoms with Crippen LogP contribution in [0.5, 0.6) is 0 Å². The lowest BCUT2D eigenvalue weighted by Crippen LogP contribution is -2.28. The van der Waals surface area contributed by atoms with Crippen molar-refractivity contribution >= 4 is 17.4 Å². The molecule has 126 valence electrons. The smallest absolute Gasteiger partial charge is 0.236 e. The number of carbonyl (C=O) groups excluding carboxylic acids is 2. The highest BCUT2D eigenvalue weighted by atomic mass is 16.5. The van der Waals surface area contributed by atoms with Gasteiger partial charge >= 0.3 is 0 Å². The molecule has 0 aliphatic heterocycles. The number of Topliss-reactive ketones (excluding diaryl/α,β-unsaturated/α-hetero) is 1. The first-order valence-electron chi connectivity index (χ1n) is 8.02. The molecule has 2 heterocycles. The van der Waals surface area contributed by atoms with Crippen LogP contribution in [-0.4, -0.2) is 16.8 Å². The van der Waals surface area contributed by atoms with Crippen LogP contribution in [0.25, 0.3) is 11.5 Å². The van der Waals surface area contributed by atoms with Crippen molar-refractivity contribution in [2.24, 2.45) is 0 Å². The third-order valence-corrected chi connectivity index (χ3v) is 4.48. The zero-order valence-corrected chi connectivity index (χ0v) is 13.6. The van der Waals surface area contributed by atoms with Crippen molar-refractivity contribution in [3.63, 3.8) is 0 Å². The fourth-order valence-corrected chi connectivity index (χ4v) is 2.83. The molecule has 25 heavy (non-hydrogen) atoms. The minimum atomic E-state index is -0.680. The van der Waals surface area contributed by atoms with Gasteiger partial charge in [-0.05, 0) is 44.0 Å². The Balaban J connectivity index is 1.56. The standard InChI is InChI=1S/C19H16N2O4/c1-12(22)13-4-2-5-14(10-13)20-18(23)19(7-8-19)17-11-16(25-21-17)15-6-3-9-24-15/h2-6,9-11H,7-8H2,1H3,(H,20,23). The second kappa shape index (κ2) is 5.73. The molecule has 1 amide bonds. The number of anilines is 1. The Kier molecular flexibility index (Phi) is 3.53. The zero-order valence-electron chi connectivity index (χ0n) is 13.6. The summed E-state index contributed by atoms with van der Waals surface area (Å²) >= 11 is 0. The second-order valence-corrected chi connectivity index (χ2v) is 6.23. The number of furan rings is 1. The molecular weight excluding hydrogens is 320 g/mol. The first kappa shape index (κ1) is 15.4. The van der Waals surface area contributed by atoms with E-state index < -0.39 is 5.41 Å². The summed E-state index contributed by atoms with van der Waals surface area (Å²) in [5.74, 6) is 0.881. The van der Waals surface area contributed by atoms with Crippen molar-refractivity contribution in [3.8, 4) is 11.5 Å². The number of hydrogen-bond donors (Lipinski definition) is 1. The van der Waals surface area contributed by atoms with Crippen LogP contribution in [0.4, 0.5) is 5.69 Å². The molecule has 0 atom stereocenters. The van der Waals surface area contributed by atoms with Gasteiger partial charge in [-0.15, -0.1) is 0 Å². The maximum atomic E-state index is 12.8. The molecule has 2 aromatic heterocycles. The Hall–Kier alpha value is -3.15. The SMILES string of the molecule is CC(=O)c1cccc(NC(=O)C2(c3cc(-c4ccco4)on3)CC2)c1. The molecule has 0 spiro atoms. The number of rotatable bonds is 5. The third kappa shape index (κ3) is 2.76. The topological polar surface area (TPSA) is 85.3 Å². The maximum absolute atomic E-state index is 12.8. The summed E-state index contributed by atoms with van der Waals surface area (Å²) in [7, 11) is 0. The Morgan fingerprint density at radius 2 is 1.96 bits per heavy atom. The molecule has 0 radical (unpaired) electrons. The lowest BCUT2D eigenvalue weighted by atomic mass is 10.0. The van der Waals surface area contributed by atoms with Gasteiger partial charge in [0.05, 0.1) is 17.4 Å². The lowest BCUT2D eigenvalue weighted by Gasteiger charge is -2.12. The van der Waals surface area contributed by atoms with Crippen molar-refractivity contribution in [2.75, 3.05) is 5.32 Å². The van der Waals surface area contributed by atoms with Gasteiger partial charge in [0.2, 0.25) is 11.7 Å². The van der Waals surface area contributed by atoms with Gasteiger partial charge in [0, 0.05) is 17.3 Å². The summed E-state index contributed by atoms with van der Waals surface area (Å²) in [4.78, 5) is 24.3. The number of carbonyl (C=O) groups is 2. The quantitative estimate of drug-likeness (QED) is 0.716. The highest BCUT2D eigenvalue weighted by Crippen LogP contribution is 2.49. The van der Waals surface area contributed by atoms with Gasteiger partial charge in [0.25, 0.3) is 0 Å². The van der Waals surface area contributed by atoms with Gasteiger partial charge in [0.1, 0.15) is 0 Å². The number of amides is 1. The van der Waals surface area contributed by atoms with E-state index in [0.29, 0.717) is 41.3 Å². The summed E-state index contributed by atoms with van der Waals surface area (Å²) in [6, 6.07) is 12.2. The summed E-state index contributed by atoms with van der Waals surface area (Å²) in [5.41, 5.74) is 1.07. The number of ketones is 1. The fraction of sp³-hybridized carbons (Fsp3) is 0.211. The van der Waals surface area contributed by atoms with Crippen molar-refractivity contribution < 1.29 is 18.5 Å². The minimum Gasteiger partial charge on any atom is -0.461 e. The molecule has 1 aliphatic rings. The molecule has 0 bridgehead atoms. The number of nitrogens with one attached hydrogen (secondary N) is 1. The highest BCUT2D eigenvalue weighted by Gasteiger charge is 2.54. The molecule has 3 aromatic rings. The van der Waals surface area contributed by atoms with E-state index in [4.69, 9.17) is 8.94 Å². The predicted molar refractivity (Wildman–Crippen MR) is 90.2 cm³/mol. The van der Waals surface area contributed by atoms with E-state index in [2.05, 4.69) is 10.5 Å². The normalized spacial score (nSPS) is 14.9. The van der Waals surface area contributed by atoms with Crippen molar-refractivity contribution in [1.29, 1.82) is 0 Å². The van der Waals surface area contributed by atoms with Crippen LogP contribution < -0.4 is 5.32 Å². The van der Waals surface area contributed by atoms with Crippen LogP contribution in [0.3, 0.4) is 0 Å². The second-order valence-electron chi connectivity index (χ2n) is 6.23. The predicted octanol–water partition coefficient (Wildman–Crippen LogP) is 3.81. The first-order valence-corrected chi connectivity index (χ1v) is 8.02. The summed E-state index contributed by atoms with van der Waals surface area (Å²) in [6.07, 6.45) is 2.96. The van der Waals surface area contributed by atoms with Crippen LogP contribution in [0.1, 0.15) is 35.8 Å². The zero-order chi connectivity index (χ0) is 17.4. The molecule has 6 nitrogen and oxygen atoms in total. The van der Waals surface area contributed by atoms with E-state index in [1.54, 1.807) is 48.7 Å². The molecule has 1 fully saturated rings. The largest absolute Gasteiger partial charge is 0.461 e. The first-order chi connectivity index (χ1) is 12.1. The lowest BCUT2D eigenvalue weighted by molar-refractivity contribution is -0.118. The van der Waals surface area contributed by atoms with E-state index in [-0.39, 0.29) is 11.7 Å². The summed E-state index contributed by atoms with van der Waals surface area (Å²) in [6.45, 7) is 1.49. The van der Waals surface area contributed by atoms with Crippen LogP contribution in [0.2, 0.25) is 0 Å². The summed E-state index contributed by atoms with van der Waals surface area (Å²) in [5, 5.41) is 6.95. The van der Waals surface area contributed by atoms with Gasteiger partial charge in [0.15, 0.2) is 11.5 Å². The summed E-state index contributed by atoms with van der Waals surface area (Å²) < 4.78 is 10.6. The van der Waals surface area contributed by atoms with Gasteiger partial charge in [-0.25, -0.2) is 0 Å². The molecule has 1 aromatic carbocycles. The van der Waals surface area contributed by atoms with Gasteiger partial charge in [-0.2, -0.15) is 0 Å². The number of nitrogens with zero attached hydrogens (tertiary/aromatic N) is 1. The van der Waals surface area contributed by atoms with Crippen LogP contribution in [-0.2, 0) is 10.2 Å². The van der Waals surface area contributed by atoms with E-state index in [1.165, 1.54) is 6.92 Å². The fourth-order valence-electron chi connectivity index (χ4n) is 2.83. The van der Waals surface area contributed by atoms with Gasteiger partial charge < -0.3 is 14.3 Å². The van der Waals surface area contributed by atoms with Crippen LogP contribution in [0.15, 0.2) is 57.7 Å². The third-order valence-electron chi connectivity index (χ3n) is 4.48. The monoisotopic (exact) mass is 336 g/mol. The Labute approximate surface area is 143 Å². The van der Waals surface area contributed by atoms with Crippen LogP contribution >= 0.6 is 0 Å². The van der Waals surface area contributed by atoms with E-state index in [9.17, 15) is 9.59 Å². The van der Waals surface area contributed by atoms with Gasteiger partial charge in [-0.1, -0.05) is 17.3 Å². The average molecular weight is 336 g/mol. The minimum absolute atomic E-state index is 0.0446. The Morgan fingerprint density at radius 3 is 2.64 bits per heavy atom. The van der Waals surface area contributed by atoms with Crippen LogP contribution in [0, 0.1) is 0 Å². The van der Waals surface area contributed by atoms with Crippen molar-refractivity contribution in [1.82, 2.24) is 5.16 Å². The molecule has 1 saturated carbocycles.